The van der Waals surface area contributed by atoms with Gasteiger partial charge in [-0.2, -0.15) is 13.2 Å². The number of aromatic hydroxyl groups is 1. The second-order valence-electron chi connectivity index (χ2n) is 7.45. The van der Waals surface area contributed by atoms with Crippen LogP contribution in [0.15, 0.2) is 23.9 Å². The van der Waals surface area contributed by atoms with Gasteiger partial charge in [0.25, 0.3) is 0 Å². The van der Waals surface area contributed by atoms with Gasteiger partial charge in [-0.25, -0.2) is 4.39 Å². The fraction of sp³-hybridized carbons (Fsp3) is 0.529. The number of halogens is 4. The largest absolute Gasteiger partial charge is 0.525 e. The third-order valence-corrected chi connectivity index (χ3v) is 5.06. The maximum absolute atomic E-state index is 15.2. The molecule has 1 aromatic rings. The molecule has 0 bridgehead atoms. The SMILES string of the molecule is CC1(C)OB(C(F)=C2CC(C(F)(F)F)Oc3cc(O)ccc32)OC1(C)C. The maximum atomic E-state index is 15.2. The number of fused-ring (bicyclic) bond motifs is 1. The first-order valence-corrected chi connectivity index (χ1v) is 8.13. The summed E-state index contributed by atoms with van der Waals surface area (Å²) in [7, 11) is -1.41. The Morgan fingerprint density at radius 1 is 1.15 bits per heavy atom. The molecule has 0 spiro atoms. The van der Waals surface area contributed by atoms with E-state index < -0.39 is 42.7 Å². The molecule has 9 heteroatoms. The van der Waals surface area contributed by atoms with Crippen molar-refractivity contribution in [3.8, 4) is 11.5 Å². The molecule has 0 saturated carbocycles. The highest BCUT2D eigenvalue weighted by molar-refractivity contribution is 6.55. The molecule has 3 rings (SSSR count). The topological polar surface area (TPSA) is 47.9 Å². The van der Waals surface area contributed by atoms with E-state index in [1.165, 1.54) is 12.1 Å². The molecular formula is C17H19BF4O4. The van der Waals surface area contributed by atoms with E-state index in [1.807, 2.05) is 0 Å². The van der Waals surface area contributed by atoms with Crippen LogP contribution in [0.2, 0.25) is 0 Å². The quantitative estimate of drug-likeness (QED) is 0.584. The molecule has 0 radical (unpaired) electrons. The van der Waals surface area contributed by atoms with E-state index in [9.17, 15) is 18.3 Å². The van der Waals surface area contributed by atoms with E-state index in [4.69, 9.17) is 14.0 Å². The van der Waals surface area contributed by atoms with Gasteiger partial charge in [0.05, 0.1) is 11.2 Å². The van der Waals surface area contributed by atoms with Crippen molar-refractivity contribution in [1.29, 1.82) is 0 Å². The van der Waals surface area contributed by atoms with E-state index in [0.717, 1.165) is 6.07 Å². The summed E-state index contributed by atoms with van der Waals surface area (Å²) in [5.41, 5.74) is -2.65. The van der Waals surface area contributed by atoms with Crippen molar-refractivity contribution in [1.82, 2.24) is 0 Å². The molecule has 1 fully saturated rings. The lowest BCUT2D eigenvalue weighted by molar-refractivity contribution is -0.194. The van der Waals surface area contributed by atoms with E-state index in [0.29, 0.717) is 0 Å². The van der Waals surface area contributed by atoms with Gasteiger partial charge in [0.1, 0.15) is 17.2 Å². The number of hydrogen-bond acceptors (Lipinski definition) is 4. The predicted octanol–water partition coefficient (Wildman–Crippen LogP) is 4.42. The summed E-state index contributed by atoms with van der Waals surface area (Å²) in [5, 5.41) is 9.53. The van der Waals surface area contributed by atoms with Crippen LogP contribution in [-0.2, 0) is 9.31 Å². The molecule has 1 N–H and O–H groups in total. The van der Waals surface area contributed by atoms with Gasteiger partial charge in [0.15, 0.2) is 6.10 Å². The van der Waals surface area contributed by atoms with Crippen LogP contribution in [0.4, 0.5) is 17.6 Å². The van der Waals surface area contributed by atoms with E-state index >= 15 is 4.39 Å². The minimum atomic E-state index is -4.69. The van der Waals surface area contributed by atoms with Gasteiger partial charge in [-0.15, -0.1) is 0 Å². The number of benzene rings is 1. The lowest BCUT2D eigenvalue weighted by atomic mass is 9.80. The van der Waals surface area contributed by atoms with Gasteiger partial charge in [0.2, 0.25) is 0 Å². The van der Waals surface area contributed by atoms with Gasteiger partial charge >= 0.3 is 13.3 Å². The molecule has 2 heterocycles. The summed E-state index contributed by atoms with van der Waals surface area (Å²) in [4.78, 5) is 0. The molecule has 1 aromatic carbocycles. The minimum Gasteiger partial charge on any atom is -0.508 e. The van der Waals surface area contributed by atoms with Gasteiger partial charge in [-0.3, -0.25) is 0 Å². The number of ether oxygens (including phenoxy) is 1. The average Bonchev–Trinajstić information content (AvgIpc) is 2.72. The Kier molecular flexibility index (Phi) is 4.31. The van der Waals surface area contributed by atoms with Crippen LogP contribution >= 0.6 is 0 Å². The number of phenols is 1. The van der Waals surface area contributed by atoms with Crippen LogP contribution in [-0.4, -0.2) is 35.7 Å². The molecule has 0 amide bonds. The van der Waals surface area contributed by atoms with Crippen LogP contribution in [0.1, 0.15) is 39.7 Å². The van der Waals surface area contributed by atoms with Crippen molar-refractivity contribution in [3.63, 3.8) is 0 Å². The Morgan fingerprint density at radius 2 is 1.73 bits per heavy atom. The molecule has 0 aliphatic carbocycles. The second-order valence-corrected chi connectivity index (χ2v) is 7.45. The first-order valence-electron chi connectivity index (χ1n) is 8.13. The Bertz CT molecular complexity index is 742. The van der Waals surface area contributed by atoms with Crippen molar-refractivity contribution in [3.05, 3.63) is 29.5 Å². The summed E-state index contributed by atoms with van der Waals surface area (Å²) < 4.78 is 70.9. The molecule has 0 aromatic heterocycles. The van der Waals surface area contributed by atoms with Gasteiger partial charge < -0.3 is 19.2 Å². The normalized spacial score (nSPS) is 26.3. The average molecular weight is 374 g/mol. The van der Waals surface area contributed by atoms with Gasteiger partial charge in [0, 0.05) is 18.1 Å². The molecule has 26 heavy (non-hydrogen) atoms. The highest BCUT2D eigenvalue weighted by atomic mass is 19.4. The summed E-state index contributed by atoms with van der Waals surface area (Å²) in [6.07, 6.45) is -7.62. The van der Waals surface area contributed by atoms with Gasteiger partial charge in [-0.05, 0) is 45.4 Å². The summed E-state index contributed by atoms with van der Waals surface area (Å²) in [5.74, 6) is -0.512. The molecule has 4 nitrogen and oxygen atoms in total. The monoisotopic (exact) mass is 374 g/mol. The maximum Gasteiger partial charge on any atom is 0.525 e. The molecule has 1 unspecified atom stereocenters. The zero-order valence-corrected chi connectivity index (χ0v) is 14.8. The zero-order valence-electron chi connectivity index (χ0n) is 14.8. The molecule has 142 valence electrons. The van der Waals surface area contributed by atoms with Crippen LogP contribution in [0.5, 0.6) is 11.5 Å². The highest BCUT2D eigenvalue weighted by Crippen LogP contribution is 2.46. The van der Waals surface area contributed by atoms with Crippen LogP contribution in [0.3, 0.4) is 0 Å². The molecule has 2 aliphatic rings. The fourth-order valence-electron chi connectivity index (χ4n) is 2.85. The van der Waals surface area contributed by atoms with Crippen LogP contribution in [0.25, 0.3) is 5.57 Å². The Morgan fingerprint density at radius 3 is 2.27 bits per heavy atom. The summed E-state index contributed by atoms with van der Waals surface area (Å²) in [6.45, 7) is 6.89. The van der Waals surface area contributed by atoms with E-state index in [2.05, 4.69) is 0 Å². The van der Waals surface area contributed by atoms with Crippen LogP contribution in [0, 0.1) is 0 Å². The highest BCUT2D eigenvalue weighted by Gasteiger charge is 2.54. The number of hydrogen-bond donors (Lipinski definition) is 1. The second kappa shape index (κ2) is 5.89. The Hall–Kier alpha value is -1.74. The molecule has 2 aliphatic heterocycles. The third-order valence-electron chi connectivity index (χ3n) is 5.06. The zero-order chi connectivity index (χ0) is 19.5. The predicted molar refractivity (Wildman–Crippen MR) is 87.3 cm³/mol. The molecular weight excluding hydrogens is 355 g/mol. The van der Waals surface area contributed by atoms with Crippen molar-refractivity contribution in [2.45, 2.75) is 57.6 Å². The van der Waals surface area contributed by atoms with E-state index in [-0.39, 0.29) is 22.6 Å². The third kappa shape index (κ3) is 3.18. The Balaban J connectivity index is 2.06. The lowest BCUT2D eigenvalue weighted by Crippen LogP contribution is -2.41. The minimum absolute atomic E-state index is 0.135. The van der Waals surface area contributed by atoms with E-state index in [1.54, 1.807) is 27.7 Å². The van der Waals surface area contributed by atoms with Crippen molar-refractivity contribution < 1.29 is 36.7 Å². The fourth-order valence-corrected chi connectivity index (χ4v) is 2.85. The van der Waals surface area contributed by atoms with Crippen molar-refractivity contribution >= 4 is 12.7 Å². The van der Waals surface area contributed by atoms with Crippen molar-refractivity contribution in [2.24, 2.45) is 0 Å². The van der Waals surface area contributed by atoms with Crippen LogP contribution < -0.4 is 4.74 Å². The standard InChI is InChI=1S/C17H19BF4O4/c1-15(2)16(3,4)26-18(25-15)14(19)11-8-13(17(20,21)22)24-12-7-9(23)5-6-10(11)12/h5-7,13,23H,8H2,1-4H3. The smallest absolute Gasteiger partial charge is 0.508 e. The number of alkyl halides is 3. The van der Waals surface area contributed by atoms with Crippen molar-refractivity contribution in [2.75, 3.05) is 0 Å². The number of phenolic OH excluding ortho intramolecular Hbond substituents is 1. The summed E-state index contributed by atoms with van der Waals surface area (Å²) >= 11 is 0. The first kappa shape index (κ1) is 19.0. The Labute approximate surface area is 148 Å². The molecule has 1 saturated heterocycles. The molecule has 1 atom stereocenters. The number of rotatable bonds is 1. The van der Waals surface area contributed by atoms with Gasteiger partial charge in [-0.1, -0.05) is 0 Å². The summed E-state index contributed by atoms with van der Waals surface area (Å²) in [6, 6.07) is 3.61. The first-order chi connectivity index (χ1) is 11.8. The lowest BCUT2D eigenvalue weighted by Gasteiger charge is -2.32.